The van der Waals surface area contributed by atoms with Crippen LogP contribution >= 0.6 is 0 Å². The van der Waals surface area contributed by atoms with Gasteiger partial charge in [0.15, 0.2) is 0 Å². The normalized spacial score (nSPS) is 11.0. The molecule has 0 aliphatic heterocycles. The van der Waals surface area contributed by atoms with E-state index in [0.29, 0.717) is 35.6 Å². The van der Waals surface area contributed by atoms with Gasteiger partial charge in [0.2, 0.25) is 11.8 Å². The molecule has 0 aliphatic rings. The molecule has 4 rings (SSSR count). The fraction of sp³-hybridized carbons (Fsp3) is 0.267. The number of carbonyl (C=O) groups excluding carboxylic acids is 2. The third kappa shape index (κ3) is 6.45. The molecule has 0 unspecified atom stereocenters. The third-order valence-electron chi connectivity index (χ3n) is 6.29. The van der Waals surface area contributed by atoms with E-state index in [1.807, 2.05) is 30.3 Å². The summed E-state index contributed by atoms with van der Waals surface area (Å²) >= 11 is 0. The van der Waals surface area contributed by atoms with Gasteiger partial charge in [0.1, 0.15) is 6.54 Å². The molecule has 0 saturated carbocycles. The molecule has 0 bridgehead atoms. The van der Waals surface area contributed by atoms with Crippen molar-refractivity contribution in [2.45, 2.75) is 39.8 Å². The minimum Gasteiger partial charge on any atom is -0.356 e. The van der Waals surface area contributed by atoms with Gasteiger partial charge < -0.3 is 10.6 Å². The van der Waals surface area contributed by atoms with Gasteiger partial charge in [-0.3, -0.25) is 19.0 Å². The molecule has 1 aromatic heterocycles. The summed E-state index contributed by atoms with van der Waals surface area (Å²) in [5, 5.41) is 6.07. The van der Waals surface area contributed by atoms with Crippen molar-refractivity contribution in [3.63, 3.8) is 0 Å². The molecule has 0 radical (unpaired) electrons. The molecule has 196 valence electrons. The van der Waals surface area contributed by atoms with Gasteiger partial charge in [-0.1, -0.05) is 68.4 Å². The number of fused-ring (bicyclic) bond motifs is 1. The Morgan fingerprint density at radius 2 is 1.47 bits per heavy atom. The molecule has 0 atom stereocenters. The predicted octanol–water partition coefficient (Wildman–Crippen LogP) is 3.17. The number of nitrogens with one attached hydrogen (secondary N) is 2. The largest absolute Gasteiger partial charge is 0.356 e. The van der Waals surface area contributed by atoms with Crippen LogP contribution in [-0.4, -0.2) is 27.5 Å². The summed E-state index contributed by atoms with van der Waals surface area (Å²) in [4.78, 5) is 51.9. The Labute approximate surface area is 220 Å². The van der Waals surface area contributed by atoms with Crippen molar-refractivity contribution in [3.05, 3.63) is 111 Å². The minimum absolute atomic E-state index is 0.0786. The van der Waals surface area contributed by atoms with Crippen LogP contribution in [0.15, 0.2) is 88.5 Å². The lowest BCUT2D eigenvalue weighted by Gasteiger charge is -2.14. The van der Waals surface area contributed by atoms with E-state index in [4.69, 9.17) is 0 Å². The molecule has 2 N–H and O–H groups in total. The third-order valence-corrected chi connectivity index (χ3v) is 6.29. The number of benzene rings is 3. The van der Waals surface area contributed by atoms with Crippen LogP contribution in [0, 0.1) is 5.92 Å². The Morgan fingerprint density at radius 3 is 2.18 bits per heavy atom. The minimum atomic E-state index is -0.609. The molecule has 1 heterocycles. The van der Waals surface area contributed by atoms with Crippen LogP contribution in [0.5, 0.6) is 0 Å². The molecule has 0 spiro atoms. The summed E-state index contributed by atoms with van der Waals surface area (Å²) in [6.07, 6.45) is 1.11. The van der Waals surface area contributed by atoms with Gasteiger partial charge >= 0.3 is 5.69 Å². The smallest absolute Gasteiger partial charge is 0.336 e. The summed E-state index contributed by atoms with van der Waals surface area (Å²) in [5.74, 6) is 0.0871. The SMILES string of the molecule is CC(C)CCNC(=O)Cc1ccc(-n2c(=O)c3ccccc3n(CC(=O)NCc3ccccc3)c2=O)cc1. The molecule has 38 heavy (non-hydrogen) atoms. The Balaban J connectivity index is 1.59. The summed E-state index contributed by atoms with van der Waals surface area (Å²) in [5.41, 5.74) is 1.40. The molecule has 4 aromatic rings. The fourth-order valence-electron chi connectivity index (χ4n) is 4.21. The molecule has 2 amide bonds. The van der Waals surface area contributed by atoms with E-state index in [-0.39, 0.29) is 24.8 Å². The van der Waals surface area contributed by atoms with Crippen LogP contribution in [0.1, 0.15) is 31.4 Å². The zero-order valence-corrected chi connectivity index (χ0v) is 21.6. The van der Waals surface area contributed by atoms with Crippen LogP contribution < -0.4 is 21.9 Å². The summed E-state index contributed by atoms with van der Waals surface area (Å²) < 4.78 is 2.38. The van der Waals surface area contributed by atoms with Crippen molar-refractivity contribution < 1.29 is 9.59 Å². The first-order valence-corrected chi connectivity index (χ1v) is 12.7. The standard InChI is InChI=1S/C30H32N4O4/c1-21(2)16-17-31-27(35)18-22-12-14-24(15-13-22)34-29(37)25-10-6-7-11-26(25)33(30(34)38)20-28(36)32-19-23-8-4-3-5-9-23/h3-15,21H,16-20H2,1-2H3,(H,31,35)(H,32,36). The Bertz CT molecular complexity index is 1540. The van der Waals surface area contributed by atoms with Crippen molar-refractivity contribution in [3.8, 4) is 5.69 Å². The van der Waals surface area contributed by atoms with Crippen LogP contribution in [0.25, 0.3) is 16.6 Å². The number of aromatic nitrogens is 2. The number of nitrogens with zero attached hydrogens (tertiary/aromatic N) is 2. The average Bonchev–Trinajstić information content (AvgIpc) is 2.91. The van der Waals surface area contributed by atoms with Gasteiger partial charge in [-0.05, 0) is 47.7 Å². The lowest BCUT2D eigenvalue weighted by molar-refractivity contribution is -0.122. The van der Waals surface area contributed by atoms with Gasteiger partial charge in [-0.15, -0.1) is 0 Å². The predicted molar refractivity (Wildman–Crippen MR) is 148 cm³/mol. The van der Waals surface area contributed by atoms with Crippen molar-refractivity contribution in [1.29, 1.82) is 0 Å². The number of hydrogen-bond acceptors (Lipinski definition) is 4. The Kier molecular flexibility index (Phi) is 8.53. The zero-order chi connectivity index (χ0) is 27.1. The summed E-state index contributed by atoms with van der Waals surface area (Å²) in [7, 11) is 0. The van der Waals surface area contributed by atoms with Gasteiger partial charge in [-0.2, -0.15) is 0 Å². The van der Waals surface area contributed by atoms with Crippen LogP contribution in [0.3, 0.4) is 0 Å². The van der Waals surface area contributed by atoms with Gasteiger partial charge in [0.25, 0.3) is 5.56 Å². The highest BCUT2D eigenvalue weighted by atomic mass is 16.2. The molecular formula is C30H32N4O4. The zero-order valence-electron chi connectivity index (χ0n) is 21.6. The van der Waals surface area contributed by atoms with E-state index in [1.54, 1.807) is 48.5 Å². The lowest BCUT2D eigenvalue weighted by Crippen LogP contribution is -2.41. The van der Waals surface area contributed by atoms with Crippen LogP contribution in [0.4, 0.5) is 0 Å². The van der Waals surface area contributed by atoms with E-state index in [9.17, 15) is 19.2 Å². The number of rotatable bonds is 10. The first-order chi connectivity index (χ1) is 18.3. The maximum Gasteiger partial charge on any atom is 0.336 e. The van der Waals surface area contributed by atoms with Crippen LogP contribution in [-0.2, 0) is 29.1 Å². The Morgan fingerprint density at radius 1 is 0.789 bits per heavy atom. The average molecular weight is 513 g/mol. The first-order valence-electron chi connectivity index (χ1n) is 12.7. The van der Waals surface area contributed by atoms with Gasteiger partial charge in [-0.25, -0.2) is 9.36 Å². The first kappa shape index (κ1) is 26.6. The monoisotopic (exact) mass is 512 g/mol. The highest BCUT2D eigenvalue weighted by Crippen LogP contribution is 2.12. The molecule has 3 aromatic carbocycles. The Hall–Kier alpha value is -4.46. The molecule has 8 nitrogen and oxygen atoms in total. The van der Waals surface area contributed by atoms with E-state index >= 15 is 0 Å². The van der Waals surface area contributed by atoms with Gasteiger partial charge in [0, 0.05) is 13.1 Å². The van der Waals surface area contributed by atoms with Gasteiger partial charge in [0.05, 0.1) is 23.0 Å². The maximum atomic E-state index is 13.5. The van der Waals surface area contributed by atoms with Crippen LogP contribution in [0.2, 0.25) is 0 Å². The van der Waals surface area contributed by atoms with Crippen molar-refractivity contribution >= 4 is 22.7 Å². The summed E-state index contributed by atoms with van der Waals surface area (Å²) in [6, 6.07) is 23.0. The highest BCUT2D eigenvalue weighted by molar-refractivity contribution is 5.82. The van der Waals surface area contributed by atoms with Crippen molar-refractivity contribution in [2.75, 3.05) is 6.54 Å². The number of amides is 2. The second kappa shape index (κ2) is 12.2. The van der Waals surface area contributed by atoms with E-state index in [2.05, 4.69) is 24.5 Å². The van der Waals surface area contributed by atoms with Crippen molar-refractivity contribution in [2.24, 2.45) is 5.92 Å². The molecule has 0 fully saturated rings. The number of hydrogen-bond donors (Lipinski definition) is 2. The van der Waals surface area contributed by atoms with E-state index in [0.717, 1.165) is 22.1 Å². The second-order valence-electron chi connectivity index (χ2n) is 9.66. The molecular weight excluding hydrogens is 480 g/mol. The molecule has 0 aliphatic carbocycles. The topological polar surface area (TPSA) is 102 Å². The lowest BCUT2D eigenvalue weighted by atomic mass is 10.1. The van der Waals surface area contributed by atoms with Crippen molar-refractivity contribution in [1.82, 2.24) is 19.8 Å². The summed E-state index contributed by atoms with van der Waals surface area (Å²) in [6.45, 7) is 4.93. The number of para-hydroxylation sites is 1. The highest BCUT2D eigenvalue weighted by Gasteiger charge is 2.16. The fourth-order valence-corrected chi connectivity index (χ4v) is 4.21. The quantitative estimate of drug-likeness (QED) is 0.341. The maximum absolute atomic E-state index is 13.5. The molecule has 0 saturated heterocycles. The molecule has 8 heteroatoms. The van der Waals surface area contributed by atoms with E-state index < -0.39 is 11.2 Å². The number of carbonyl (C=O) groups is 2. The van der Waals surface area contributed by atoms with E-state index in [1.165, 1.54) is 4.57 Å². The second-order valence-corrected chi connectivity index (χ2v) is 9.66.